The highest BCUT2D eigenvalue weighted by Crippen LogP contribution is 2.27. The summed E-state index contributed by atoms with van der Waals surface area (Å²) in [7, 11) is 0. The lowest BCUT2D eigenvalue weighted by atomic mass is 9.98. The van der Waals surface area contributed by atoms with Gasteiger partial charge in [0.15, 0.2) is 12.6 Å². The van der Waals surface area contributed by atoms with Gasteiger partial charge in [0.1, 0.15) is 48.8 Å². The molecule has 2 aliphatic rings. The molecular formula is C12H23NO10. The average Bonchev–Trinajstić information content (AvgIpc) is 2.55. The smallest absolute Gasteiger partial charge is 0.189 e. The fraction of sp³-hybridized carbons (Fsp3) is 1.00. The Morgan fingerprint density at radius 3 is 1.57 bits per heavy atom. The molecule has 23 heavy (non-hydrogen) atoms. The van der Waals surface area contributed by atoms with Gasteiger partial charge in [-0.25, -0.2) is 0 Å². The van der Waals surface area contributed by atoms with Crippen molar-refractivity contribution in [2.45, 2.75) is 61.4 Å². The zero-order chi connectivity index (χ0) is 17.3. The SMILES string of the molecule is NCC1OC(OC2OC(CO)C(O)C(O)C2O)C(O)[C@@H](O)C1O. The largest absolute Gasteiger partial charge is 0.394 e. The second kappa shape index (κ2) is 7.63. The van der Waals surface area contributed by atoms with Gasteiger partial charge in [-0.05, 0) is 0 Å². The van der Waals surface area contributed by atoms with Gasteiger partial charge in [-0.15, -0.1) is 0 Å². The van der Waals surface area contributed by atoms with Crippen LogP contribution >= 0.6 is 0 Å². The Kier molecular flexibility index (Phi) is 6.27. The molecule has 0 spiro atoms. The van der Waals surface area contributed by atoms with E-state index < -0.39 is 68.0 Å². The summed E-state index contributed by atoms with van der Waals surface area (Å²) in [6.45, 7) is -0.814. The van der Waals surface area contributed by atoms with Crippen LogP contribution < -0.4 is 5.73 Å². The van der Waals surface area contributed by atoms with E-state index in [9.17, 15) is 30.6 Å². The van der Waals surface area contributed by atoms with Crippen molar-refractivity contribution in [3.05, 3.63) is 0 Å². The Balaban J connectivity index is 2.07. The predicted molar refractivity (Wildman–Crippen MR) is 70.6 cm³/mol. The average molecular weight is 341 g/mol. The van der Waals surface area contributed by atoms with Gasteiger partial charge in [0.2, 0.25) is 0 Å². The van der Waals surface area contributed by atoms with Crippen molar-refractivity contribution in [3.8, 4) is 0 Å². The van der Waals surface area contributed by atoms with Crippen molar-refractivity contribution < 1.29 is 50.0 Å². The van der Waals surface area contributed by atoms with Gasteiger partial charge in [-0.1, -0.05) is 0 Å². The first-order chi connectivity index (χ1) is 10.8. The standard InChI is InChI=1S/C12H23NO10/c13-1-3-5(15)7(17)9(19)11(21-3)23-12-10(20)8(18)6(16)4(2-14)22-12/h3-12,14-20H,1-2,13H2/t3?,4?,5?,6?,7-,8?,9?,10?,11?,12?/m0/s1. The van der Waals surface area contributed by atoms with Gasteiger partial charge in [-0.3, -0.25) is 0 Å². The van der Waals surface area contributed by atoms with Gasteiger partial charge in [0.05, 0.1) is 6.61 Å². The van der Waals surface area contributed by atoms with E-state index >= 15 is 0 Å². The third-order valence-corrected chi connectivity index (χ3v) is 4.02. The van der Waals surface area contributed by atoms with Gasteiger partial charge < -0.3 is 55.7 Å². The van der Waals surface area contributed by atoms with E-state index in [1.54, 1.807) is 0 Å². The Hall–Kier alpha value is -0.440. The zero-order valence-corrected chi connectivity index (χ0v) is 12.1. The van der Waals surface area contributed by atoms with Crippen LogP contribution in [-0.4, -0.2) is 110 Å². The van der Waals surface area contributed by atoms with Crippen molar-refractivity contribution >= 4 is 0 Å². The van der Waals surface area contributed by atoms with Gasteiger partial charge >= 0.3 is 0 Å². The number of nitrogens with two attached hydrogens (primary N) is 1. The molecule has 10 atom stereocenters. The summed E-state index contributed by atoms with van der Waals surface area (Å²) in [6, 6.07) is 0. The molecule has 0 aromatic carbocycles. The molecular weight excluding hydrogens is 318 g/mol. The topological polar surface area (TPSA) is 195 Å². The molecule has 0 radical (unpaired) electrons. The molecule has 0 amide bonds. The first-order valence-corrected chi connectivity index (χ1v) is 7.17. The van der Waals surface area contributed by atoms with E-state index in [0.29, 0.717) is 0 Å². The number of rotatable bonds is 4. The van der Waals surface area contributed by atoms with E-state index in [0.717, 1.165) is 0 Å². The fourth-order valence-corrected chi connectivity index (χ4v) is 2.54. The second-order valence-corrected chi connectivity index (χ2v) is 5.58. The molecule has 11 nitrogen and oxygen atoms in total. The minimum Gasteiger partial charge on any atom is -0.394 e. The van der Waals surface area contributed by atoms with Gasteiger partial charge in [0, 0.05) is 6.54 Å². The maximum absolute atomic E-state index is 9.88. The van der Waals surface area contributed by atoms with E-state index in [4.69, 9.17) is 25.1 Å². The molecule has 0 aliphatic carbocycles. The Labute approximate surface area is 131 Å². The Morgan fingerprint density at radius 1 is 0.696 bits per heavy atom. The van der Waals surface area contributed by atoms with Crippen molar-refractivity contribution in [2.75, 3.05) is 13.2 Å². The molecule has 9 unspecified atom stereocenters. The van der Waals surface area contributed by atoms with Crippen molar-refractivity contribution in [1.29, 1.82) is 0 Å². The lowest BCUT2D eigenvalue weighted by Crippen LogP contribution is -2.64. The third-order valence-electron chi connectivity index (χ3n) is 4.02. The predicted octanol–water partition coefficient (Wildman–Crippen LogP) is -5.43. The second-order valence-electron chi connectivity index (χ2n) is 5.58. The molecule has 2 fully saturated rings. The Morgan fingerprint density at radius 2 is 1.13 bits per heavy atom. The number of aliphatic hydroxyl groups excluding tert-OH is 7. The summed E-state index contributed by atoms with van der Waals surface area (Å²) >= 11 is 0. The van der Waals surface area contributed by atoms with Crippen LogP contribution in [0.3, 0.4) is 0 Å². The summed E-state index contributed by atoms with van der Waals surface area (Å²) in [6.07, 6.45) is -14.9. The highest BCUT2D eigenvalue weighted by Gasteiger charge is 2.49. The molecule has 2 aliphatic heterocycles. The molecule has 0 aromatic heterocycles. The highest BCUT2D eigenvalue weighted by atomic mass is 16.8. The molecule has 9 N–H and O–H groups in total. The highest BCUT2D eigenvalue weighted by molar-refractivity contribution is 4.92. The minimum absolute atomic E-state index is 0.167. The zero-order valence-electron chi connectivity index (χ0n) is 12.1. The number of ether oxygens (including phenoxy) is 3. The number of hydrogen-bond acceptors (Lipinski definition) is 11. The van der Waals surface area contributed by atoms with Crippen LogP contribution in [0.4, 0.5) is 0 Å². The summed E-state index contributed by atoms with van der Waals surface area (Å²) in [5.74, 6) is 0. The molecule has 0 aromatic rings. The maximum atomic E-state index is 9.88. The first kappa shape index (κ1) is 18.9. The molecule has 2 heterocycles. The monoisotopic (exact) mass is 341 g/mol. The summed E-state index contributed by atoms with van der Waals surface area (Å²) < 4.78 is 15.5. The van der Waals surface area contributed by atoms with Crippen LogP contribution in [0.5, 0.6) is 0 Å². The molecule has 2 saturated heterocycles. The van der Waals surface area contributed by atoms with E-state index in [1.807, 2.05) is 0 Å². The van der Waals surface area contributed by atoms with E-state index in [-0.39, 0.29) is 6.54 Å². The van der Waals surface area contributed by atoms with Crippen LogP contribution in [-0.2, 0) is 14.2 Å². The number of hydrogen-bond donors (Lipinski definition) is 8. The molecule has 0 bridgehead atoms. The number of aliphatic hydroxyl groups is 7. The van der Waals surface area contributed by atoms with Crippen LogP contribution in [0, 0.1) is 0 Å². The van der Waals surface area contributed by atoms with Crippen molar-refractivity contribution in [1.82, 2.24) is 0 Å². The quantitative estimate of drug-likeness (QED) is 0.243. The van der Waals surface area contributed by atoms with Crippen molar-refractivity contribution in [2.24, 2.45) is 5.73 Å². The van der Waals surface area contributed by atoms with Gasteiger partial charge in [-0.2, -0.15) is 0 Å². The lowest BCUT2D eigenvalue weighted by molar-refractivity contribution is -0.374. The third kappa shape index (κ3) is 3.65. The van der Waals surface area contributed by atoms with E-state index in [2.05, 4.69) is 0 Å². The Bertz CT molecular complexity index is 349. The molecule has 11 heteroatoms. The normalized spacial score (nSPS) is 51.7. The minimum atomic E-state index is -1.69. The molecule has 2 rings (SSSR count). The fourth-order valence-electron chi connectivity index (χ4n) is 2.54. The first-order valence-electron chi connectivity index (χ1n) is 7.17. The van der Waals surface area contributed by atoms with E-state index in [1.165, 1.54) is 0 Å². The lowest BCUT2D eigenvalue weighted by Gasteiger charge is -2.44. The van der Waals surface area contributed by atoms with Gasteiger partial charge in [0.25, 0.3) is 0 Å². The molecule has 0 saturated carbocycles. The summed E-state index contributed by atoms with van der Waals surface area (Å²) in [5, 5.41) is 67.6. The summed E-state index contributed by atoms with van der Waals surface area (Å²) in [4.78, 5) is 0. The van der Waals surface area contributed by atoms with Crippen LogP contribution in [0.15, 0.2) is 0 Å². The van der Waals surface area contributed by atoms with Crippen LogP contribution in [0.1, 0.15) is 0 Å². The van der Waals surface area contributed by atoms with Crippen molar-refractivity contribution in [3.63, 3.8) is 0 Å². The molecule has 136 valence electrons. The maximum Gasteiger partial charge on any atom is 0.189 e. The van der Waals surface area contributed by atoms with Crippen LogP contribution in [0.2, 0.25) is 0 Å². The summed E-state index contributed by atoms with van der Waals surface area (Å²) in [5.41, 5.74) is 5.39. The van der Waals surface area contributed by atoms with Crippen LogP contribution in [0.25, 0.3) is 0 Å².